The van der Waals surface area contributed by atoms with E-state index in [0.717, 1.165) is 12.1 Å². The standard InChI is InChI=1S/C20H18F2N2O3/c1-12(13-5-2-3-8-16(13)25)24-18(26)9-10-19-23-11-17(27-19)20-14(21)6-4-7-15(20)22/h2-8,11-12,25H,9-10H2,1H3,(H,24,26)/t12-/m0/s1. The summed E-state index contributed by atoms with van der Waals surface area (Å²) >= 11 is 0. The first-order valence-corrected chi connectivity index (χ1v) is 8.42. The molecular formula is C20H18F2N2O3. The Morgan fingerprint density at radius 1 is 1.19 bits per heavy atom. The van der Waals surface area contributed by atoms with Crippen molar-refractivity contribution in [1.82, 2.24) is 10.3 Å². The van der Waals surface area contributed by atoms with E-state index in [1.54, 1.807) is 31.2 Å². The smallest absolute Gasteiger partial charge is 0.220 e. The minimum absolute atomic E-state index is 0.0245. The van der Waals surface area contributed by atoms with Crippen molar-refractivity contribution >= 4 is 5.91 Å². The number of nitrogens with zero attached hydrogens (tertiary/aromatic N) is 1. The fraction of sp³-hybridized carbons (Fsp3) is 0.200. The minimum Gasteiger partial charge on any atom is -0.508 e. The van der Waals surface area contributed by atoms with Crippen molar-refractivity contribution in [2.45, 2.75) is 25.8 Å². The summed E-state index contributed by atoms with van der Waals surface area (Å²) in [5, 5.41) is 12.6. The summed E-state index contributed by atoms with van der Waals surface area (Å²) in [6.45, 7) is 1.76. The van der Waals surface area contributed by atoms with Gasteiger partial charge in [-0.1, -0.05) is 24.3 Å². The Hall–Kier alpha value is -3.22. The third-order valence-electron chi connectivity index (χ3n) is 4.11. The van der Waals surface area contributed by atoms with Gasteiger partial charge in [-0.2, -0.15) is 0 Å². The molecule has 1 aromatic heterocycles. The number of oxazole rings is 1. The quantitative estimate of drug-likeness (QED) is 0.682. The third-order valence-corrected chi connectivity index (χ3v) is 4.11. The number of phenols is 1. The molecule has 140 valence electrons. The Bertz CT molecular complexity index is 936. The monoisotopic (exact) mass is 372 g/mol. The van der Waals surface area contributed by atoms with Crippen LogP contribution >= 0.6 is 0 Å². The number of hydrogen-bond donors (Lipinski definition) is 2. The molecule has 0 unspecified atom stereocenters. The second kappa shape index (κ2) is 7.99. The molecule has 0 saturated heterocycles. The minimum atomic E-state index is -0.744. The number of aromatic nitrogens is 1. The van der Waals surface area contributed by atoms with E-state index in [0.29, 0.717) is 5.56 Å². The third kappa shape index (κ3) is 4.31. The summed E-state index contributed by atoms with van der Waals surface area (Å²) in [4.78, 5) is 16.1. The topological polar surface area (TPSA) is 75.4 Å². The zero-order chi connectivity index (χ0) is 19.4. The van der Waals surface area contributed by atoms with Crippen LogP contribution in [0.5, 0.6) is 5.75 Å². The lowest BCUT2D eigenvalue weighted by atomic mass is 10.1. The Morgan fingerprint density at radius 2 is 1.89 bits per heavy atom. The van der Waals surface area contributed by atoms with Crippen molar-refractivity contribution in [3.8, 4) is 17.1 Å². The van der Waals surface area contributed by atoms with Gasteiger partial charge in [0.2, 0.25) is 5.91 Å². The second-order valence-corrected chi connectivity index (χ2v) is 6.06. The number of amides is 1. The second-order valence-electron chi connectivity index (χ2n) is 6.06. The van der Waals surface area contributed by atoms with E-state index >= 15 is 0 Å². The van der Waals surface area contributed by atoms with Crippen molar-refractivity contribution in [3.05, 3.63) is 71.8 Å². The number of hydrogen-bond acceptors (Lipinski definition) is 4. The highest BCUT2D eigenvalue weighted by Crippen LogP contribution is 2.27. The fourth-order valence-corrected chi connectivity index (χ4v) is 2.74. The van der Waals surface area contributed by atoms with Crippen molar-refractivity contribution in [2.24, 2.45) is 0 Å². The Balaban J connectivity index is 1.60. The van der Waals surface area contributed by atoms with Crippen LogP contribution in [-0.4, -0.2) is 16.0 Å². The maximum atomic E-state index is 13.8. The normalized spacial score (nSPS) is 12.0. The number of phenolic OH excluding ortho intramolecular Hbond substituents is 1. The van der Waals surface area contributed by atoms with Crippen LogP contribution in [0.3, 0.4) is 0 Å². The lowest BCUT2D eigenvalue weighted by Gasteiger charge is -2.15. The van der Waals surface area contributed by atoms with Crippen LogP contribution in [0.4, 0.5) is 8.78 Å². The van der Waals surface area contributed by atoms with Crippen molar-refractivity contribution < 1.29 is 23.1 Å². The number of aromatic hydroxyl groups is 1. The van der Waals surface area contributed by atoms with Crippen molar-refractivity contribution in [2.75, 3.05) is 0 Å². The number of benzene rings is 2. The molecule has 0 saturated carbocycles. The van der Waals surface area contributed by atoms with Gasteiger partial charge in [-0.05, 0) is 25.1 Å². The molecule has 5 nitrogen and oxygen atoms in total. The molecule has 3 rings (SSSR count). The molecule has 0 spiro atoms. The van der Waals surface area contributed by atoms with Gasteiger partial charge in [-0.3, -0.25) is 4.79 Å². The first kappa shape index (κ1) is 18.6. The SMILES string of the molecule is C[C@H](NC(=O)CCc1ncc(-c2c(F)cccc2F)o1)c1ccccc1O. The van der Waals surface area contributed by atoms with Crippen LogP contribution < -0.4 is 5.32 Å². The van der Waals surface area contributed by atoms with Gasteiger partial charge in [0.15, 0.2) is 11.7 Å². The van der Waals surface area contributed by atoms with Gasteiger partial charge >= 0.3 is 0 Å². The zero-order valence-electron chi connectivity index (χ0n) is 14.6. The van der Waals surface area contributed by atoms with E-state index in [1.165, 1.54) is 12.3 Å². The molecular weight excluding hydrogens is 354 g/mol. The zero-order valence-corrected chi connectivity index (χ0v) is 14.6. The molecule has 0 fully saturated rings. The molecule has 1 heterocycles. The van der Waals surface area contributed by atoms with Gasteiger partial charge in [-0.15, -0.1) is 0 Å². The number of aryl methyl sites for hydroxylation is 1. The number of carbonyl (C=O) groups excluding carboxylic acids is 1. The molecule has 1 amide bonds. The predicted molar refractivity (Wildman–Crippen MR) is 94.8 cm³/mol. The van der Waals surface area contributed by atoms with E-state index in [9.17, 15) is 18.7 Å². The first-order chi connectivity index (χ1) is 13.0. The molecule has 2 aromatic carbocycles. The van der Waals surface area contributed by atoms with Gasteiger partial charge in [0.05, 0.1) is 17.8 Å². The van der Waals surface area contributed by atoms with Crippen LogP contribution in [0.2, 0.25) is 0 Å². The summed E-state index contributed by atoms with van der Waals surface area (Å²) in [5.41, 5.74) is 0.327. The van der Waals surface area contributed by atoms with Gasteiger partial charge < -0.3 is 14.8 Å². The van der Waals surface area contributed by atoms with Crippen molar-refractivity contribution in [1.29, 1.82) is 0 Å². The molecule has 0 radical (unpaired) electrons. The number of nitrogens with one attached hydrogen (secondary N) is 1. The molecule has 1 atom stereocenters. The molecule has 27 heavy (non-hydrogen) atoms. The Morgan fingerprint density at radius 3 is 2.59 bits per heavy atom. The highest BCUT2D eigenvalue weighted by atomic mass is 19.1. The highest BCUT2D eigenvalue weighted by Gasteiger charge is 2.17. The average molecular weight is 372 g/mol. The van der Waals surface area contributed by atoms with E-state index in [1.807, 2.05) is 0 Å². The number of para-hydroxylation sites is 1. The molecule has 0 aliphatic rings. The number of halogens is 2. The summed E-state index contributed by atoms with van der Waals surface area (Å²) in [5.74, 6) is -1.46. The van der Waals surface area contributed by atoms with Gasteiger partial charge in [-0.25, -0.2) is 13.8 Å². The number of rotatable bonds is 6. The molecule has 0 bridgehead atoms. The molecule has 3 aromatic rings. The largest absolute Gasteiger partial charge is 0.508 e. The lowest BCUT2D eigenvalue weighted by molar-refractivity contribution is -0.121. The van der Waals surface area contributed by atoms with Gasteiger partial charge in [0, 0.05) is 18.4 Å². The van der Waals surface area contributed by atoms with Gasteiger partial charge in [0.1, 0.15) is 17.4 Å². The van der Waals surface area contributed by atoms with E-state index in [2.05, 4.69) is 10.3 Å². The number of carbonyl (C=O) groups is 1. The summed E-state index contributed by atoms with van der Waals surface area (Å²) in [6.07, 6.45) is 1.49. The highest BCUT2D eigenvalue weighted by molar-refractivity contribution is 5.76. The van der Waals surface area contributed by atoms with Crippen LogP contribution in [0.25, 0.3) is 11.3 Å². The first-order valence-electron chi connectivity index (χ1n) is 8.42. The van der Waals surface area contributed by atoms with E-state index < -0.39 is 11.6 Å². The van der Waals surface area contributed by atoms with Crippen LogP contribution in [-0.2, 0) is 11.2 Å². The van der Waals surface area contributed by atoms with Crippen LogP contribution in [0.15, 0.2) is 53.1 Å². The van der Waals surface area contributed by atoms with Gasteiger partial charge in [0.25, 0.3) is 0 Å². The van der Waals surface area contributed by atoms with Crippen molar-refractivity contribution in [3.63, 3.8) is 0 Å². The molecule has 2 N–H and O–H groups in total. The Labute approximate surface area is 154 Å². The molecule has 0 aliphatic carbocycles. The van der Waals surface area contributed by atoms with Crippen LogP contribution in [0, 0.1) is 11.6 Å². The Kier molecular flexibility index (Phi) is 5.49. The average Bonchev–Trinajstić information content (AvgIpc) is 3.08. The summed E-state index contributed by atoms with van der Waals surface area (Å²) < 4.78 is 32.9. The molecule has 7 heteroatoms. The van der Waals surface area contributed by atoms with E-state index in [4.69, 9.17) is 4.42 Å². The maximum Gasteiger partial charge on any atom is 0.220 e. The molecule has 0 aliphatic heterocycles. The lowest BCUT2D eigenvalue weighted by Crippen LogP contribution is -2.26. The maximum absolute atomic E-state index is 13.8. The van der Waals surface area contributed by atoms with E-state index in [-0.39, 0.29) is 47.8 Å². The summed E-state index contributed by atoms with van der Waals surface area (Å²) in [6, 6.07) is 9.91. The summed E-state index contributed by atoms with van der Waals surface area (Å²) in [7, 11) is 0. The fourth-order valence-electron chi connectivity index (χ4n) is 2.74. The van der Waals surface area contributed by atoms with Crippen LogP contribution in [0.1, 0.15) is 30.8 Å². The predicted octanol–water partition coefficient (Wildman–Crippen LogP) is 4.14.